The quantitative estimate of drug-likeness (QED) is 0.793. The van der Waals surface area contributed by atoms with Crippen LogP contribution in [0.5, 0.6) is 0 Å². The minimum Gasteiger partial charge on any atom is -0.311 e. The summed E-state index contributed by atoms with van der Waals surface area (Å²) in [6.45, 7) is 16.4. The van der Waals surface area contributed by atoms with Gasteiger partial charge >= 0.3 is 0 Å². The summed E-state index contributed by atoms with van der Waals surface area (Å²) in [4.78, 5) is 2.70. The summed E-state index contributed by atoms with van der Waals surface area (Å²) in [5.74, 6) is 1.53. The molecule has 3 atom stereocenters. The molecule has 0 bridgehead atoms. The van der Waals surface area contributed by atoms with Crippen LogP contribution in [0.25, 0.3) is 0 Å². The van der Waals surface area contributed by atoms with Gasteiger partial charge in [-0.1, -0.05) is 34.1 Å². The Labute approximate surface area is 102 Å². The van der Waals surface area contributed by atoms with Gasteiger partial charge in [0.2, 0.25) is 0 Å². The molecule has 1 rings (SSSR count). The van der Waals surface area contributed by atoms with Crippen molar-refractivity contribution in [3.05, 3.63) is 0 Å². The largest absolute Gasteiger partial charge is 0.311 e. The minimum absolute atomic E-state index is 0.669. The third-order valence-electron chi connectivity index (χ3n) is 4.19. The van der Waals surface area contributed by atoms with Crippen LogP contribution in [0, 0.1) is 11.8 Å². The second-order valence-electron chi connectivity index (χ2n) is 6.00. The van der Waals surface area contributed by atoms with Crippen LogP contribution in [0.4, 0.5) is 0 Å². The molecule has 3 unspecified atom stereocenters. The molecule has 1 heterocycles. The topological polar surface area (TPSA) is 15.3 Å². The first-order valence-corrected chi connectivity index (χ1v) is 6.96. The Balaban J connectivity index is 2.67. The van der Waals surface area contributed by atoms with E-state index >= 15 is 0 Å². The van der Waals surface area contributed by atoms with Gasteiger partial charge in [0.25, 0.3) is 0 Å². The van der Waals surface area contributed by atoms with Crippen LogP contribution in [0.1, 0.15) is 48.0 Å². The minimum atomic E-state index is 0.669. The highest BCUT2D eigenvalue weighted by Gasteiger charge is 2.32. The number of nitrogens with one attached hydrogen (secondary N) is 1. The Morgan fingerprint density at radius 2 is 1.81 bits per heavy atom. The number of piperazine rings is 1. The average Bonchev–Trinajstić information content (AvgIpc) is 2.26. The van der Waals surface area contributed by atoms with Crippen molar-refractivity contribution in [3.8, 4) is 0 Å². The smallest absolute Gasteiger partial charge is 0.0249 e. The van der Waals surface area contributed by atoms with Crippen molar-refractivity contribution < 1.29 is 0 Å². The zero-order valence-electron chi connectivity index (χ0n) is 12.0. The van der Waals surface area contributed by atoms with Crippen LogP contribution in [-0.2, 0) is 0 Å². The Kier molecular flexibility index (Phi) is 5.26. The highest BCUT2D eigenvalue weighted by atomic mass is 15.3. The molecule has 1 fully saturated rings. The summed E-state index contributed by atoms with van der Waals surface area (Å²) in [5, 5.41) is 3.73. The molecule has 0 spiro atoms. The van der Waals surface area contributed by atoms with Crippen molar-refractivity contribution in [1.29, 1.82) is 0 Å². The van der Waals surface area contributed by atoms with Gasteiger partial charge in [-0.2, -0.15) is 0 Å². The second kappa shape index (κ2) is 6.02. The number of rotatable bonds is 4. The maximum atomic E-state index is 3.73. The van der Waals surface area contributed by atoms with Gasteiger partial charge in [0, 0.05) is 31.2 Å². The Hall–Kier alpha value is -0.0800. The van der Waals surface area contributed by atoms with Gasteiger partial charge in [-0.05, 0) is 25.7 Å². The van der Waals surface area contributed by atoms with E-state index in [0.717, 1.165) is 24.4 Å². The molecule has 1 aliphatic heterocycles. The molecule has 2 heteroatoms. The van der Waals surface area contributed by atoms with Gasteiger partial charge in [-0.25, -0.2) is 0 Å². The van der Waals surface area contributed by atoms with Gasteiger partial charge in [-0.3, -0.25) is 4.90 Å². The van der Waals surface area contributed by atoms with E-state index in [1.165, 1.54) is 13.0 Å². The SMILES string of the molecule is CCC(C)C1CNC(C(C)C)CN1C(C)C. The molecule has 0 aromatic carbocycles. The van der Waals surface area contributed by atoms with E-state index in [1.54, 1.807) is 0 Å². The normalized spacial score (nSPS) is 30.0. The number of hydrogen-bond donors (Lipinski definition) is 1. The van der Waals surface area contributed by atoms with Gasteiger partial charge < -0.3 is 5.32 Å². The van der Waals surface area contributed by atoms with Gasteiger partial charge in [-0.15, -0.1) is 0 Å². The lowest BCUT2D eigenvalue weighted by Gasteiger charge is -2.46. The fourth-order valence-corrected chi connectivity index (χ4v) is 2.66. The van der Waals surface area contributed by atoms with Crippen LogP contribution in [-0.4, -0.2) is 36.1 Å². The summed E-state index contributed by atoms with van der Waals surface area (Å²) in [7, 11) is 0. The first kappa shape index (κ1) is 14.0. The molecular formula is C14H30N2. The summed E-state index contributed by atoms with van der Waals surface area (Å²) < 4.78 is 0. The van der Waals surface area contributed by atoms with E-state index in [1.807, 2.05) is 0 Å². The zero-order chi connectivity index (χ0) is 12.3. The van der Waals surface area contributed by atoms with Crippen molar-refractivity contribution >= 4 is 0 Å². The van der Waals surface area contributed by atoms with E-state index < -0.39 is 0 Å². The van der Waals surface area contributed by atoms with E-state index in [4.69, 9.17) is 0 Å². The molecular weight excluding hydrogens is 196 g/mol. The fraction of sp³-hybridized carbons (Fsp3) is 1.00. The molecule has 0 aliphatic carbocycles. The Bertz CT molecular complexity index is 201. The fourth-order valence-electron chi connectivity index (χ4n) is 2.66. The summed E-state index contributed by atoms with van der Waals surface area (Å²) in [5.41, 5.74) is 0. The van der Waals surface area contributed by atoms with Crippen molar-refractivity contribution in [3.63, 3.8) is 0 Å². The molecule has 16 heavy (non-hydrogen) atoms. The van der Waals surface area contributed by atoms with E-state index in [0.29, 0.717) is 12.1 Å². The van der Waals surface area contributed by atoms with Crippen LogP contribution >= 0.6 is 0 Å². The summed E-state index contributed by atoms with van der Waals surface area (Å²) in [6.07, 6.45) is 1.28. The van der Waals surface area contributed by atoms with Crippen LogP contribution in [0.15, 0.2) is 0 Å². The lowest BCUT2D eigenvalue weighted by molar-refractivity contribution is 0.0527. The molecule has 0 amide bonds. The molecule has 0 radical (unpaired) electrons. The predicted molar refractivity (Wildman–Crippen MR) is 71.7 cm³/mol. The van der Waals surface area contributed by atoms with Crippen LogP contribution in [0.2, 0.25) is 0 Å². The molecule has 0 aromatic heterocycles. The molecule has 2 nitrogen and oxygen atoms in total. The van der Waals surface area contributed by atoms with E-state index in [-0.39, 0.29) is 0 Å². The summed E-state index contributed by atoms with van der Waals surface area (Å²) >= 11 is 0. The first-order chi connectivity index (χ1) is 7.47. The van der Waals surface area contributed by atoms with Gasteiger partial charge in [0.15, 0.2) is 0 Å². The lowest BCUT2D eigenvalue weighted by Crippen LogP contribution is -2.61. The molecule has 1 saturated heterocycles. The Morgan fingerprint density at radius 1 is 1.19 bits per heavy atom. The predicted octanol–water partition coefficient (Wildman–Crippen LogP) is 2.74. The second-order valence-corrected chi connectivity index (χ2v) is 6.00. The lowest BCUT2D eigenvalue weighted by atomic mass is 9.91. The van der Waals surface area contributed by atoms with E-state index in [2.05, 4.69) is 51.8 Å². The number of nitrogens with zero attached hydrogens (tertiary/aromatic N) is 1. The number of hydrogen-bond acceptors (Lipinski definition) is 2. The third kappa shape index (κ3) is 3.21. The first-order valence-electron chi connectivity index (χ1n) is 6.96. The third-order valence-corrected chi connectivity index (χ3v) is 4.19. The molecule has 0 aromatic rings. The monoisotopic (exact) mass is 226 g/mol. The summed E-state index contributed by atoms with van der Waals surface area (Å²) in [6, 6.07) is 2.06. The van der Waals surface area contributed by atoms with Gasteiger partial charge in [0.05, 0.1) is 0 Å². The highest BCUT2D eigenvalue weighted by molar-refractivity contribution is 4.90. The molecule has 0 saturated carbocycles. The molecule has 96 valence electrons. The highest BCUT2D eigenvalue weighted by Crippen LogP contribution is 2.22. The molecule has 1 N–H and O–H groups in total. The van der Waals surface area contributed by atoms with Crippen molar-refractivity contribution in [2.24, 2.45) is 11.8 Å². The maximum absolute atomic E-state index is 3.73. The van der Waals surface area contributed by atoms with E-state index in [9.17, 15) is 0 Å². The van der Waals surface area contributed by atoms with Gasteiger partial charge in [0.1, 0.15) is 0 Å². The van der Waals surface area contributed by atoms with Crippen LogP contribution < -0.4 is 5.32 Å². The van der Waals surface area contributed by atoms with Crippen molar-refractivity contribution in [2.45, 2.75) is 66.1 Å². The van der Waals surface area contributed by atoms with Crippen LogP contribution in [0.3, 0.4) is 0 Å². The Morgan fingerprint density at radius 3 is 2.25 bits per heavy atom. The van der Waals surface area contributed by atoms with Crippen molar-refractivity contribution in [1.82, 2.24) is 10.2 Å². The van der Waals surface area contributed by atoms with Crippen molar-refractivity contribution in [2.75, 3.05) is 13.1 Å². The molecule has 1 aliphatic rings. The standard InChI is InChI=1S/C14H30N2/c1-7-12(6)14-8-15-13(10(2)3)9-16(14)11(4)5/h10-15H,7-9H2,1-6H3. The average molecular weight is 226 g/mol. The zero-order valence-corrected chi connectivity index (χ0v) is 12.0. The maximum Gasteiger partial charge on any atom is 0.0249 e.